The minimum absolute atomic E-state index is 0.0930. The minimum Gasteiger partial charge on any atom is -0.478 e. The molecule has 1 saturated heterocycles. The van der Waals surface area contributed by atoms with Gasteiger partial charge >= 0.3 is 12.1 Å². The largest absolute Gasteiger partial charge is 0.478 e. The van der Waals surface area contributed by atoms with E-state index >= 15 is 0 Å². The number of nitrogens with one attached hydrogen (secondary N) is 1. The normalized spacial score (nSPS) is 18.3. The topological polar surface area (TPSA) is 99.7 Å². The Balaban J connectivity index is 0.000000193. The van der Waals surface area contributed by atoms with Crippen molar-refractivity contribution < 1.29 is 36.2 Å². The Labute approximate surface area is 274 Å². The number of rotatable bonds is 7. The maximum Gasteiger partial charge on any atom is 0.430 e. The lowest BCUT2D eigenvalue weighted by Crippen LogP contribution is -2.40. The monoisotopic (exact) mass is 694 g/mol. The Morgan fingerprint density at radius 2 is 1.85 bits per heavy atom. The van der Waals surface area contributed by atoms with Crippen LogP contribution in [0, 0.1) is 0 Å². The molecule has 6 rings (SSSR count). The van der Waals surface area contributed by atoms with Gasteiger partial charge in [-0.25, -0.2) is 13.2 Å². The fourth-order valence-electron chi connectivity index (χ4n) is 5.69. The Kier molecular flexibility index (Phi) is 10.1. The number of fused-ring (bicyclic) bond motifs is 2. The Morgan fingerprint density at radius 1 is 1.11 bits per heavy atom. The number of likely N-dealkylation sites (tertiary alicyclic amines) is 1. The first kappa shape index (κ1) is 33.8. The van der Waals surface area contributed by atoms with Gasteiger partial charge in [0.2, 0.25) is 6.10 Å². The predicted octanol–water partition coefficient (Wildman–Crippen LogP) is 7.61. The molecule has 2 N–H and O–H groups in total. The summed E-state index contributed by atoms with van der Waals surface area (Å²) in [6.07, 6.45) is -0.354. The van der Waals surface area contributed by atoms with Gasteiger partial charge in [0.15, 0.2) is 9.84 Å². The van der Waals surface area contributed by atoms with Crippen LogP contribution in [-0.2, 0) is 27.5 Å². The molecule has 244 valence electrons. The van der Waals surface area contributed by atoms with E-state index in [4.69, 9.17) is 33.0 Å². The number of carbonyl (C=O) groups is 1. The number of benzene rings is 3. The highest BCUT2D eigenvalue weighted by molar-refractivity contribution is 7.91. The van der Waals surface area contributed by atoms with E-state index in [9.17, 15) is 26.4 Å². The summed E-state index contributed by atoms with van der Waals surface area (Å²) in [6, 6.07) is 18.1. The number of aliphatic carboxylic acids is 1. The molecule has 1 fully saturated rings. The molecule has 2 atom stereocenters. The molecule has 2 aliphatic rings. The van der Waals surface area contributed by atoms with Crippen LogP contribution in [0.4, 0.5) is 13.2 Å². The average molecular weight is 696 g/mol. The van der Waals surface area contributed by atoms with Gasteiger partial charge in [-0.3, -0.25) is 0 Å². The highest BCUT2D eigenvalue weighted by atomic mass is 35.5. The second-order valence-electron chi connectivity index (χ2n) is 11.3. The van der Waals surface area contributed by atoms with E-state index in [1.54, 1.807) is 24.3 Å². The zero-order chi connectivity index (χ0) is 33.2. The molecule has 2 aliphatic heterocycles. The van der Waals surface area contributed by atoms with Crippen LogP contribution in [-0.4, -0.2) is 67.0 Å². The van der Waals surface area contributed by atoms with Crippen LogP contribution < -0.4 is 4.74 Å². The van der Waals surface area contributed by atoms with Crippen molar-refractivity contribution in [3.05, 3.63) is 99.2 Å². The summed E-state index contributed by atoms with van der Waals surface area (Å²) in [6.45, 7) is 1.18. The SMILES string of the molecule is CN1CCC[C@@H]1Cc1c[nH]c2ccc(CCS(=O)(=O)c3ccccc3)cc12.O=C(O)C1=Cc2cc(Cl)cc(Cl)c2O[C@@H]1C(F)(F)F. The van der Waals surface area contributed by atoms with Gasteiger partial charge in [0, 0.05) is 33.7 Å². The van der Waals surface area contributed by atoms with Crippen molar-refractivity contribution in [3.8, 4) is 5.75 Å². The zero-order valence-electron chi connectivity index (χ0n) is 24.7. The summed E-state index contributed by atoms with van der Waals surface area (Å²) in [5.74, 6) is -1.82. The number of sulfone groups is 1. The van der Waals surface area contributed by atoms with Crippen molar-refractivity contribution in [3.63, 3.8) is 0 Å². The molecule has 1 aromatic heterocycles. The van der Waals surface area contributed by atoms with E-state index in [2.05, 4.69) is 35.3 Å². The number of alkyl halides is 3. The average Bonchev–Trinajstić information content (AvgIpc) is 3.61. The van der Waals surface area contributed by atoms with Crippen molar-refractivity contribution in [2.24, 2.45) is 0 Å². The van der Waals surface area contributed by atoms with Gasteiger partial charge in [-0.15, -0.1) is 0 Å². The standard InChI is InChI=1S/C22H26N2O2S.C11H5Cl2F3O3/c1-24-12-5-6-19(24)15-18-16-23-22-10-9-17(14-21(18)22)11-13-27(25,26)20-7-3-2-4-8-20;12-5-1-4-2-6(10(17)18)9(11(14,15)16)19-8(4)7(13)3-5/h2-4,7-10,14,16,19,23H,5-6,11-13,15H2,1H3;1-3,9H,(H,17,18)/t19-;9-/m10/s1. The molecular formula is C33H31Cl2F3N2O5S. The van der Waals surface area contributed by atoms with Crippen LogP contribution in [0.1, 0.15) is 29.5 Å². The number of nitrogens with zero attached hydrogens (tertiary/aromatic N) is 1. The number of aromatic amines is 1. The molecule has 0 spiro atoms. The first-order chi connectivity index (χ1) is 21.7. The van der Waals surface area contributed by atoms with E-state index in [1.807, 2.05) is 12.1 Å². The summed E-state index contributed by atoms with van der Waals surface area (Å²) >= 11 is 11.4. The predicted molar refractivity (Wildman–Crippen MR) is 172 cm³/mol. The first-order valence-electron chi connectivity index (χ1n) is 14.5. The third-order valence-electron chi connectivity index (χ3n) is 8.13. The fourth-order valence-corrected chi connectivity index (χ4v) is 7.56. The lowest BCUT2D eigenvalue weighted by molar-refractivity contribution is -0.187. The Morgan fingerprint density at radius 3 is 2.50 bits per heavy atom. The van der Waals surface area contributed by atoms with E-state index in [0.717, 1.165) is 23.6 Å². The third kappa shape index (κ3) is 7.71. The van der Waals surface area contributed by atoms with E-state index in [-0.39, 0.29) is 27.1 Å². The molecule has 13 heteroatoms. The molecule has 0 radical (unpaired) electrons. The third-order valence-corrected chi connectivity index (χ3v) is 10.4. The fraction of sp³-hybridized carbons (Fsp3) is 0.303. The highest BCUT2D eigenvalue weighted by Crippen LogP contribution is 2.42. The van der Waals surface area contributed by atoms with Gasteiger partial charge in [0.05, 0.1) is 21.2 Å². The summed E-state index contributed by atoms with van der Waals surface area (Å²) in [5, 5.41) is 10.1. The van der Waals surface area contributed by atoms with Crippen LogP contribution >= 0.6 is 23.2 Å². The van der Waals surface area contributed by atoms with Gasteiger partial charge in [0.1, 0.15) is 5.75 Å². The number of H-pyrrole nitrogens is 1. The smallest absolute Gasteiger partial charge is 0.430 e. The second-order valence-corrected chi connectivity index (χ2v) is 14.3. The second kappa shape index (κ2) is 13.7. The molecule has 0 amide bonds. The lowest BCUT2D eigenvalue weighted by Gasteiger charge is -2.27. The first-order valence-corrected chi connectivity index (χ1v) is 16.9. The minimum atomic E-state index is -4.86. The molecule has 0 bridgehead atoms. The molecule has 3 heterocycles. The Hall–Kier alpha value is -3.51. The van der Waals surface area contributed by atoms with Gasteiger partial charge < -0.3 is 19.7 Å². The number of hydrogen-bond acceptors (Lipinski definition) is 5. The van der Waals surface area contributed by atoms with Crippen LogP contribution in [0.3, 0.4) is 0 Å². The van der Waals surface area contributed by atoms with Crippen LogP contribution in [0.25, 0.3) is 17.0 Å². The number of carboxylic acid groups (broad SMARTS) is 1. The highest BCUT2D eigenvalue weighted by Gasteiger charge is 2.48. The van der Waals surface area contributed by atoms with Gasteiger partial charge in [-0.05, 0) is 92.9 Å². The molecule has 0 unspecified atom stereocenters. The molecular weight excluding hydrogens is 664 g/mol. The van der Waals surface area contributed by atoms with E-state index < -0.39 is 33.7 Å². The molecule has 3 aromatic carbocycles. The lowest BCUT2D eigenvalue weighted by atomic mass is 10.0. The summed E-state index contributed by atoms with van der Waals surface area (Å²) in [4.78, 5) is 17.1. The van der Waals surface area contributed by atoms with Crippen LogP contribution in [0.2, 0.25) is 10.0 Å². The van der Waals surface area contributed by atoms with Crippen molar-refractivity contribution in [1.29, 1.82) is 0 Å². The summed E-state index contributed by atoms with van der Waals surface area (Å²) in [7, 11) is -1.05. The Bertz CT molecular complexity index is 1880. The number of ether oxygens (including phenoxy) is 1. The number of carboxylic acids is 1. The molecule has 0 aliphatic carbocycles. The number of hydrogen-bond donors (Lipinski definition) is 2. The summed E-state index contributed by atoms with van der Waals surface area (Å²) < 4.78 is 68.0. The van der Waals surface area contributed by atoms with Gasteiger partial charge in [-0.1, -0.05) is 47.5 Å². The van der Waals surface area contributed by atoms with Gasteiger partial charge in [0.25, 0.3) is 0 Å². The zero-order valence-corrected chi connectivity index (χ0v) is 27.0. The number of likely N-dealkylation sites (N-methyl/N-ethyl adjacent to an activating group) is 1. The number of aryl methyl sites for hydroxylation is 1. The maximum atomic E-state index is 12.8. The maximum absolute atomic E-state index is 12.8. The van der Waals surface area contributed by atoms with Crippen molar-refractivity contribution in [2.75, 3.05) is 19.3 Å². The summed E-state index contributed by atoms with van der Waals surface area (Å²) in [5.41, 5.74) is 2.70. The number of halogens is 5. The number of aromatic nitrogens is 1. The van der Waals surface area contributed by atoms with Gasteiger partial charge in [-0.2, -0.15) is 13.2 Å². The van der Waals surface area contributed by atoms with Crippen molar-refractivity contribution >= 4 is 56.0 Å². The quantitative estimate of drug-likeness (QED) is 0.207. The van der Waals surface area contributed by atoms with Crippen LogP contribution in [0.15, 0.2) is 77.3 Å². The molecule has 0 saturated carbocycles. The van der Waals surface area contributed by atoms with Crippen molar-refractivity contribution in [2.45, 2.75) is 48.9 Å². The molecule has 7 nitrogen and oxygen atoms in total. The van der Waals surface area contributed by atoms with E-state index in [1.165, 1.54) is 42.5 Å². The molecule has 46 heavy (non-hydrogen) atoms. The van der Waals surface area contributed by atoms with Crippen molar-refractivity contribution in [1.82, 2.24) is 9.88 Å². The molecule has 4 aromatic rings. The van der Waals surface area contributed by atoms with E-state index in [0.29, 0.717) is 17.4 Å². The van der Waals surface area contributed by atoms with Crippen LogP contribution in [0.5, 0.6) is 5.75 Å².